The summed E-state index contributed by atoms with van der Waals surface area (Å²) in [5, 5.41) is 5.07. The van der Waals surface area contributed by atoms with E-state index in [-0.39, 0.29) is 6.61 Å². The number of benzene rings is 2. The third kappa shape index (κ3) is 4.58. The number of para-hydroxylation sites is 1. The lowest BCUT2D eigenvalue weighted by Gasteiger charge is -2.13. The zero-order valence-electron chi connectivity index (χ0n) is 16.0. The highest BCUT2D eigenvalue weighted by Crippen LogP contribution is 2.36. The second-order valence-electron chi connectivity index (χ2n) is 6.60. The van der Waals surface area contributed by atoms with Crippen LogP contribution in [0.5, 0.6) is 11.5 Å². The Morgan fingerprint density at radius 2 is 2.14 bits per heavy atom. The van der Waals surface area contributed by atoms with Crippen LogP contribution in [0.2, 0.25) is 5.02 Å². The monoisotopic (exact) mass is 401 g/mol. The van der Waals surface area contributed by atoms with Gasteiger partial charge in [0.05, 0.1) is 12.1 Å². The molecule has 7 heteroatoms. The third-order valence-corrected chi connectivity index (χ3v) is 4.84. The van der Waals surface area contributed by atoms with Crippen molar-refractivity contribution in [1.82, 2.24) is 10.3 Å². The number of carbonyl (C=O) groups excluding carboxylic acids is 1. The lowest BCUT2D eigenvalue weighted by molar-refractivity contribution is -0.119. The standard InChI is InChI=1S/C21H24ClN3O3/c1-13-4-3-5-16-15(11-25-20(13)16)6-7-24-10-14-8-17(22)21(18(9-14)27-2)28-12-19(23)26/h3-5,8-9,11,24-25H,6-7,10,12H2,1-2H3,(H2,23,26). The van der Waals surface area contributed by atoms with E-state index in [1.165, 1.54) is 29.1 Å². The number of aromatic nitrogens is 1. The van der Waals surface area contributed by atoms with Crippen LogP contribution in [-0.2, 0) is 17.8 Å². The molecule has 0 bridgehead atoms. The van der Waals surface area contributed by atoms with Crippen molar-refractivity contribution in [3.63, 3.8) is 0 Å². The first-order chi connectivity index (χ1) is 13.5. The van der Waals surface area contributed by atoms with Crippen LogP contribution in [0.4, 0.5) is 0 Å². The van der Waals surface area contributed by atoms with Crippen LogP contribution in [0.15, 0.2) is 36.5 Å². The molecule has 0 radical (unpaired) electrons. The van der Waals surface area contributed by atoms with E-state index < -0.39 is 5.91 Å². The maximum Gasteiger partial charge on any atom is 0.255 e. The summed E-state index contributed by atoms with van der Waals surface area (Å²) in [5.74, 6) is 0.217. The van der Waals surface area contributed by atoms with E-state index in [2.05, 4.69) is 41.6 Å². The molecule has 0 fully saturated rings. The molecule has 0 spiro atoms. The molecular weight excluding hydrogens is 378 g/mol. The first kappa shape index (κ1) is 20.0. The van der Waals surface area contributed by atoms with Gasteiger partial charge in [-0.3, -0.25) is 4.79 Å². The first-order valence-electron chi connectivity index (χ1n) is 9.03. The number of methoxy groups -OCH3 is 1. The predicted octanol–water partition coefficient (Wildman–Crippen LogP) is 3.33. The molecular formula is C21H24ClN3O3. The molecule has 0 saturated carbocycles. The Hall–Kier alpha value is -2.70. The van der Waals surface area contributed by atoms with Crippen molar-refractivity contribution in [2.24, 2.45) is 5.73 Å². The molecule has 1 aromatic heterocycles. The smallest absolute Gasteiger partial charge is 0.255 e. The van der Waals surface area contributed by atoms with E-state index in [9.17, 15) is 4.79 Å². The van der Waals surface area contributed by atoms with Gasteiger partial charge in [-0.05, 0) is 48.7 Å². The number of H-pyrrole nitrogens is 1. The van der Waals surface area contributed by atoms with Gasteiger partial charge in [0.25, 0.3) is 5.91 Å². The van der Waals surface area contributed by atoms with Gasteiger partial charge in [0, 0.05) is 23.6 Å². The number of hydrogen-bond acceptors (Lipinski definition) is 4. The highest BCUT2D eigenvalue weighted by atomic mass is 35.5. The summed E-state index contributed by atoms with van der Waals surface area (Å²) in [6.45, 7) is 3.31. The molecule has 0 aliphatic carbocycles. The molecule has 3 rings (SSSR count). The molecule has 28 heavy (non-hydrogen) atoms. The molecule has 1 heterocycles. The minimum Gasteiger partial charge on any atom is -0.493 e. The summed E-state index contributed by atoms with van der Waals surface area (Å²) in [4.78, 5) is 14.3. The number of carbonyl (C=O) groups is 1. The summed E-state index contributed by atoms with van der Waals surface area (Å²) < 4.78 is 10.7. The molecule has 6 nitrogen and oxygen atoms in total. The maximum absolute atomic E-state index is 10.9. The Morgan fingerprint density at radius 3 is 2.89 bits per heavy atom. The maximum atomic E-state index is 10.9. The number of primary amides is 1. The van der Waals surface area contributed by atoms with Crippen LogP contribution < -0.4 is 20.5 Å². The number of hydrogen-bond donors (Lipinski definition) is 3. The van der Waals surface area contributed by atoms with Gasteiger partial charge in [0.15, 0.2) is 18.1 Å². The lowest BCUT2D eigenvalue weighted by atomic mass is 10.1. The number of ether oxygens (including phenoxy) is 2. The van der Waals surface area contributed by atoms with Crippen LogP contribution >= 0.6 is 11.6 Å². The summed E-state index contributed by atoms with van der Waals surface area (Å²) in [6, 6.07) is 9.96. The molecule has 4 N–H and O–H groups in total. The van der Waals surface area contributed by atoms with Crippen LogP contribution in [0, 0.1) is 6.92 Å². The molecule has 0 saturated heterocycles. The first-order valence-corrected chi connectivity index (χ1v) is 9.41. The molecule has 0 aliphatic heterocycles. The number of rotatable bonds is 9. The largest absolute Gasteiger partial charge is 0.493 e. The summed E-state index contributed by atoms with van der Waals surface area (Å²) in [7, 11) is 1.53. The summed E-state index contributed by atoms with van der Waals surface area (Å²) in [6.07, 6.45) is 2.98. The van der Waals surface area contributed by atoms with Crippen molar-refractivity contribution >= 4 is 28.4 Å². The topological polar surface area (TPSA) is 89.4 Å². The second-order valence-corrected chi connectivity index (χ2v) is 7.01. The summed E-state index contributed by atoms with van der Waals surface area (Å²) >= 11 is 6.28. The number of nitrogens with two attached hydrogens (primary N) is 1. The Labute approximate surface area is 169 Å². The van der Waals surface area contributed by atoms with Crippen LogP contribution in [0.25, 0.3) is 10.9 Å². The fourth-order valence-corrected chi connectivity index (χ4v) is 3.47. The third-order valence-electron chi connectivity index (χ3n) is 4.56. The minimum absolute atomic E-state index is 0.252. The van der Waals surface area contributed by atoms with Crippen LogP contribution in [0.1, 0.15) is 16.7 Å². The Bertz CT molecular complexity index is 984. The van der Waals surface area contributed by atoms with E-state index in [4.69, 9.17) is 26.8 Å². The lowest BCUT2D eigenvalue weighted by Crippen LogP contribution is -2.20. The molecule has 1 amide bonds. The fourth-order valence-electron chi connectivity index (χ4n) is 3.19. The highest BCUT2D eigenvalue weighted by Gasteiger charge is 2.13. The second kappa shape index (κ2) is 8.99. The van der Waals surface area contributed by atoms with E-state index in [1.807, 2.05) is 6.07 Å². The average Bonchev–Trinajstić information content (AvgIpc) is 3.08. The number of fused-ring (bicyclic) bond motifs is 1. The average molecular weight is 402 g/mol. The van der Waals surface area contributed by atoms with E-state index in [0.717, 1.165) is 18.5 Å². The van der Waals surface area contributed by atoms with Crippen molar-refractivity contribution in [3.8, 4) is 11.5 Å². The normalized spacial score (nSPS) is 11.0. The Balaban J connectivity index is 1.60. The van der Waals surface area contributed by atoms with Crippen LogP contribution in [-0.4, -0.2) is 31.2 Å². The van der Waals surface area contributed by atoms with Gasteiger partial charge in [-0.15, -0.1) is 0 Å². The Morgan fingerprint density at radius 1 is 1.32 bits per heavy atom. The predicted molar refractivity (Wildman–Crippen MR) is 111 cm³/mol. The minimum atomic E-state index is -0.573. The molecule has 148 valence electrons. The zero-order valence-corrected chi connectivity index (χ0v) is 16.7. The highest BCUT2D eigenvalue weighted by molar-refractivity contribution is 6.32. The van der Waals surface area contributed by atoms with Gasteiger partial charge >= 0.3 is 0 Å². The fraction of sp³-hybridized carbons (Fsp3) is 0.286. The van der Waals surface area contributed by atoms with Crippen LogP contribution in [0.3, 0.4) is 0 Å². The van der Waals surface area contributed by atoms with Crippen molar-refractivity contribution in [2.45, 2.75) is 19.9 Å². The van der Waals surface area contributed by atoms with Gasteiger partial charge in [-0.2, -0.15) is 0 Å². The number of amides is 1. The van der Waals surface area contributed by atoms with Gasteiger partial charge in [-0.1, -0.05) is 29.8 Å². The number of aromatic amines is 1. The quantitative estimate of drug-likeness (QED) is 0.480. The van der Waals surface area contributed by atoms with Gasteiger partial charge in [0.2, 0.25) is 0 Å². The number of halogens is 1. The SMILES string of the molecule is COc1cc(CNCCc2c[nH]c3c(C)cccc23)cc(Cl)c1OCC(N)=O. The van der Waals surface area contributed by atoms with Crippen molar-refractivity contribution in [1.29, 1.82) is 0 Å². The molecule has 3 aromatic rings. The summed E-state index contributed by atoms with van der Waals surface area (Å²) in [5.41, 5.74) is 9.81. The molecule has 0 aliphatic rings. The zero-order chi connectivity index (χ0) is 20.1. The van der Waals surface area contributed by atoms with E-state index in [1.54, 1.807) is 6.07 Å². The molecule has 0 unspecified atom stereocenters. The van der Waals surface area contributed by atoms with E-state index >= 15 is 0 Å². The van der Waals surface area contributed by atoms with Gasteiger partial charge < -0.3 is 25.5 Å². The van der Waals surface area contributed by atoms with Gasteiger partial charge in [0.1, 0.15) is 0 Å². The van der Waals surface area contributed by atoms with Gasteiger partial charge in [-0.25, -0.2) is 0 Å². The van der Waals surface area contributed by atoms with Crippen molar-refractivity contribution < 1.29 is 14.3 Å². The van der Waals surface area contributed by atoms with Crippen molar-refractivity contribution in [3.05, 3.63) is 58.2 Å². The van der Waals surface area contributed by atoms with E-state index in [0.29, 0.717) is 23.1 Å². The Kier molecular flexibility index (Phi) is 6.44. The molecule has 2 aromatic carbocycles. The molecule has 0 atom stereocenters. The number of nitrogens with one attached hydrogen (secondary N) is 2. The number of aryl methyl sites for hydroxylation is 1. The van der Waals surface area contributed by atoms with Crippen molar-refractivity contribution in [2.75, 3.05) is 20.3 Å².